The lowest BCUT2D eigenvalue weighted by Crippen LogP contribution is -2.60. The number of likely N-dealkylation sites (N-methyl/N-ethyl adjacent to an activating group) is 1. The lowest BCUT2D eigenvalue weighted by atomic mass is 9.88. The highest BCUT2D eigenvalue weighted by Crippen LogP contribution is 2.26. The van der Waals surface area contributed by atoms with Gasteiger partial charge in [-0.05, 0) is 51.1 Å². The first-order valence-corrected chi connectivity index (χ1v) is 8.19. The van der Waals surface area contributed by atoms with E-state index in [0.717, 1.165) is 34.6 Å². The van der Waals surface area contributed by atoms with E-state index < -0.39 is 0 Å². The Kier molecular flexibility index (Phi) is 6.95. The average Bonchev–Trinajstić information content (AvgIpc) is 2.38. The van der Waals surface area contributed by atoms with Crippen molar-refractivity contribution in [1.29, 1.82) is 0 Å². The highest BCUT2D eigenvalue weighted by Gasteiger charge is 2.33. The summed E-state index contributed by atoms with van der Waals surface area (Å²) in [6, 6.07) is 6.12. The van der Waals surface area contributed by atoms with Crippen molar-refractivity contribution >= 4 is 27.5 Å². The topological polar surface area (TPSA) is 41.3 Å². The molecular weight excluding hydrogens is 338 g/mol. The van der Waals surface area contributed by atoms with E-state index in [0.29, 0.717) is 0 Å². The summed E-state index contributed by atoms with van der Waals surface area (Å²) >= 11 is 9.75. The SMILES string of the molecule is CCN(CC)C(C)(C)C(Cc1ccc(Br)cc1Cl)NN. The van der Waals surface area contributed by atoms with E-state index in [4.69, 9.17) is 17.4 Å². The molecule has 1 aromatic carbocycles. The predicted octanol–water partition coefficient (Wildman–Crippen LogP) is 3.60. The molecule has 0 aliphatic carbocycles. The van der Waals surface area contributed by atoms with Gasteiger partial charge < -0.3 is 0 Å². The van der Waals surface area contributed by atoms with E-state index in [1.54, 1.807) is 0 Å². The average molecular weight is 363 g/mol. The zero-order valence-electron chi connectivity index (χ0n) is 12.7. The van der Waals surface area contributed by atoms with Crippen molar-refractivity contribution in [1.82, 2.24) is 10.3 Å². The fraction of sp³-hybridized carbons (Fsp3) is 0.600. The van der Waals surface area contributed by atoms with Gasteiger partial charge in [0, 0.05) is 21.1 Å². The number of hydrazine groups is 1. The van der Waals surface area contributed by atoms with Crippen molar-refractivity contribution in [2.75, 3.05) is 13.1 Å². The lowest BCUT2D eigenvalue weighted by Gasteiger charge is -2.43. The number of benzene rings is 1. The molecule has 0 aromatic heterocycles. The van der Waals surface area contributed by atoms with Crippen LogP contribution in [0.3, 0.4) is 0 Å². The number of hydrogen-bond donors (Lipinski definition) is 2. The molecule has 1 atom stereocenters. The number of nitrogens with zero attached hydrogens (tertiary/aromatic N) is 1. The summed E-state index contributed by atoms with van der Waals surface area (Å²) in [4.78, 5) is 2.41. The fourth-order valence-electron chi connectivity index (χ4n) is 2.68. The van der Waals surface area contributed by atoms with Crippen molar-refractivity contribution in [2.45, 2.75) is 45.7 Å². The van der Waals surface area contributed by atoms with E-state index in [2.05, 4.69) is 60.0 Å². The molecule has 1 aromatic rings. The van der Waals surface area contributed by atoms with Crippen molar-refractivity contribution in [2.24, 2.45) is 5.84 Å². The molecule has 3 N–H and O–H groups in total. The second-order valence-electron chi connectivity index (χ2n) is 5.49. The molecule has 0 saturated carbocycles. The van der Waals surface area contributed by atoms with E-state index in [1.807, 2.05) is 12.1 Å². The van der Waals surface area contributed by atoms with Gasteiger partial charge in [0.05, 0.1) is 0 Å². The zero-order chi connectivity index (χ0) is 15.3. The Balaban J connectivity index is 2.96. The highest BCUT2D eigenvalue weighted by atomic mass is 79.9. The molecule has 0 heterocycles. The third-order valence-corrected chi connectivity index (χ3v) is 4.92. The number of hydrogen-bond acceptors (Lipinski definition) is 3. The normalized spacial score (nSPS) is 13.8. The lowest BCUT2D eigenvalue weighted by molar-refractivity contribution is 0.0912. The Morgan fingerprint density at radius 3 is 2.40 bits per heavy atom. The molecule has 0 saturated heterocycles. The molecular formula is C15H25BrClN3. The smallest absolute Gasteiger partial charge is 0.0449 e. The molecule has 0 spiro atoms. The fourth-order valence-corrected chi connectivity index (χ4v) is 3.43. The summed E-state index contributed by atoms with van der Waals surface area (Å²) in [5, 5.41) is 0.773. The Morgan fingerprint density at radius 1 is 1.35 bits per heavy atom. The Labute approximate surface area is 136 Å². The standard InChI is InChI=1S/C15H25BrClN3/c1-5-20(6-2)15(3,4)14(19-18)9-11-7-8-12(16)10-13(11)17/h7-8,10,14,19H,5-6,9,18H2,1-4H3. The van der Waals surface area contributed by atoms with Crippen LogP contribution in [0.2, 0.25) is 5.02 Å². The second-order valence-corrected chi connectivity index (χ2v) is 6.81. The summed E-state index contributed by atoms with van der Waals surface area (Å²) in [6.45, 7) is 10.8. The zero-order valence-corrected chi connectivity index (χ0v) is 15.1. The molecule has 1 unspecified atom stereocenters. The van der Waals surface area contributed by atoms with Crippen LogP contribution in [-0.2, 0) is 6.42 Å². The summed E-state index contributed by atoms with van der Waals surface area (Å²) in [7, 11) is 0. The maximum Gasteiger partial charge on any atom is 0.0449 e. The van der Waals surface area contributed by atoms with E-state index in [1.165, 1.54) is 0 Å². The largest absolute Gasteiger partial charge is 0.297 e. The molecule has 3 nitrogen and oxygen atoms in total. The first-order valence-electron chi connectivity index (χ1n) is 7.01. The quantitative estimate of drug-likeness (QED) is 0.575. The van der Waals surface area contributed by atoms with Gasteiger partial charge in [0.1, 0.15) is 0 Å². The van der Waals surface area contributed by atoms with Crippen LogP contribution in [-0.4, -0.2) is 29.6 Å². The minimum atomic E-state index is -0.0470. The van der Waals surface area contributed by atoms with Gasteiger partial charge in [-0.15, -0.1) is 0 Å². The van der Waals surface area contributed by atoms with Crippen molar-refractivity contribution in [3.05, 3.63) is 33.3 Å². The first kappa shape index (κ1) is 17.9. The summed E-state index contributed by atoms with van der Waals surface area (Å²) in [6.07, 6.45) is 0.798. The summed E-state index contributed by atoms with van der Waals surface area (Å²) in [5.41, 5.74) is 4.03. The minimum absolute atomic E-state index is 0.0470. The molecule has 0 fully saturated rings. The van der Waals surface area contributed by atoms with Crippen molar-refractivity contribution in [3.8, 4) is 0 Å². The Bertz CT molecular complexity index is 433. The Morgan fingerprint density at radius 2 is 1.95 bits per heavy atom. The third-order valence-electron chi connectivity index (χ3n) is 4.07. The van der Waals surface area contributed by atoms with Gasteiger partial charge in [-0.3, -0.25) is 16.2 Å². The van der Waals surface area contributed by atoms with Crippen LogP contribution in [0.25, 0.3) is 0 Å². The summed E-state index contributed by atoms with van der Waals surface area (Å²) in [5.74, 6) is 5.80. The summed E-state index contributed by atoms with van der Waals surface area (Å²) < 4.78 is 0.992. The predicted molar refractivity (Wildman–Crippen MR) is 91.0 cm³/mol. The second kappa shape index (κ2) is 7.76. The van der Waals surface area contributed by atoms with Crippen LogP contribution in [0.1, 0.15) is 33.3 Å². The monoisotopic (exact) mass is 361 g/mol. The molecule has 114 valence electrons. The maximum absolute atomic E-state index is 6.32. The van der Waals surface area contributed by atoms with Crippen LogP contribution >= 0.6 is 27.5 Å². The van der Waals surface area contributed by atoms with Gasteiger partial charge in [0.15, 0.2) is 0 Å². The number of rotatable bonds is 7. The van der Waals surface area contributed by atoms with Gasteiger partial charge in [-0.1, -0.05) is 47.4 Å². The number of nitrogens with one attached hydrogen (secondary N) is 1. The molecule has 0 aliphatic rings. The minimum Gasteiger partial charge on any atom is -0.297 e. The van der Waals surface area contributed by atoms with Crippen LogP contribution in [0.15, 0.2) is 22.7 Å². The van der Waals surface area contributed by atoms with Gasteiger partial charge >= 0.3 is 0 Å². The molecule has 0 radical (unpaired) electrons. The van der Waals surface area contributed by atoms with Gasteiger partial charge in [0.2, 0.25) is 0 Å². The first-order chi connectivity index (χ1) is 9.36. The third kappa shape index (κ3) is 4.18. The van der Waals surface area contributed by atoms with Crippen LogP contribution in [0.4, 0.5) is 0 Å². The number of nitrogens with two attached hydrogens (primary N) is 1. The van der Waals surface area contributed by atoms with Crippen molar-refractivity contribution in [3.63, 3.8) is 0 Å². The van der Waals surface area contributed by atoms with Gasteiger partial charge in [-0.2, -0.15) is 0 Å². The molecule has 0 bridgehead atoms. The van der Waals surface area contributed by atoms with Crippen LogP contribution < -0.4 is 11.3 Å². The molecule has 1 rings (SSSR count). The van der Waals surface area contributed by atoms with E-state index in [-0.39, 0.29) is 11.6 Å². The molecule has 5 heteroatoms. The highest BCUT2D eigenvalue weighted by molar-refractivity contribution is 9.10. The molecule has 20 heavy (non-hydrogen) atoms. The molecule has 0 amide bonds. The van der Waals surface area contributed by atoms with Crippen LogP contribution in [0, 0.1) is 0 Å². The maximum atomic E-state index is 6.32. The van der Waals surface area contributed by atoms with Crippen molar-refractivity contribution < 1.29 is 0 Å². The van der Waals surface area contributed by atoms with Gasteiger partial charge in [-0.25, -0.2) is 0 Å². The van der Waals surface area contributed by atoms with Crippen LogP contribution in [0.5, 0.6) is 0 Å². The van der Waals surface area contributed by atoms with Gasteiger partial charge in [0.25, 0.3) is 0 Å². The Hall–Kier alpha value is -0.130. The van der Waals surface area contributed by atoms with E-state index >= 15 is 0 Å². The number of halogens is 2. The molecule has 0 aliphatic heterocycles. The van der Waals surface area contributed by atoms with E-state index in [9.17, 15) is 0 Å².